The molecule has 0 unspecified atom stereocenters. The molecule has 0 spiro atoms. The number of aromatic nitrogens is 1. The molecule has 1 nitrogen and oxygen atoms in total. The maximum atomic E-state index is 2.34. The molecule has 0 saturated heterocycles. The largest absolute Gasteiger partial charge is 0.309 e. The highest BCUT2D eigenvalue weighted by Crippen LogP contribution is 2.31. The summed E-state index contributed by atoms with van der Waals surface area (Å²) in [6, 6.07) is 25.9. The van der Waals surface area contributed by atoms with Crippen molar-refractivity contribution >= 4 is 35.1 Å². The fourth-order valence-corrected chi connectivity index (χ4v) is 2.97. The van der Waals surface area contributed by atoms with Crippen LogP contribution in [0, 0.1) is 0 Å². The molecule has 0 amide bonds. The van der Waals surface area contributed by atoms with Crippen molar-refractivity contribution in [3.05, 3.63) is 72.8 Å². The molecule has 3 aromatic carbocycles. The van der Waals surface area contributed by atoms with E-state index in [0.29, 0.717) is 0 Å². The molecule has 94 valence electrons. The topological polar surface area (TPSA) is 4.93 Å². The Labute approximate surface area is 118 Å². The highest BCUT2D eigenvalue weighted by atomic mass is 15.0. The van der Waals surface area contributed by atoms with E-state index in [4.69, 9.17) is 0 Å². The summed E-state index contributed by atoms with van der Waals surface area (Å²) in [5.41, 5.74) is 5.03. The van der Waals surface area contributed by atoms with Gasteiger partial charge in [-0.05, 0) is 24.3 Å². The molecule has 0 saturated carbocycles. The lowest BCUT2D eigenvalue weighted by Gasteiger charge is -2.08. The zero-order valence-corrected chi connectivity index (χ0v) is 11.4. The zero-order chi connectivity index (χ0) is 13.5. The minimum Gasteiger partial charge on any atom is -0.309 e. The van der Waals surface area contributed by atoms with Crippen LogP contribution in [0.3, 0.4) is 0 Å². The Balaban J connectivity index is 2.21. The van der Waals surface area contributed by atoms with Crippen molar-refractivity contribution < 1.29 is 0 Å². The van der Waals surface area contributed by atoms with Gasteiger partial charge in [0.2, 0.25) is 0 Å². The molecule has 4 rings (SSSR count). The van der Waals surface area contributed by atoms with Gasteiger partial charge in [-0.25, -0.2) is 0 Å². The van der Waals surface area contributed by atoms with Crippen molar-refractivity contribution in [2.45, 2.75) is 0 Å². The summed E-state index contributed by atoms with van der Waals surface area (Å²) in [5, 5.41) is 2.62. The number of para-hydroxylation sites is 2. The summed E-state index contributed by atoms with van der Waals surface area (Å²) in [4.78, 5) is 0. The Kier molecular flexibility index (Phi) is 2.43. The zero-order valence-electron chi connectivity index (χ0n) is 11.4. The van der Waals surface area contributed by atoms with Crippen LogP contribution in [0.25, 0.3) is 27.5 Å². The second-order valence-corrected chi connectivity index (χ2v) is 5.21. The van der Waals surface area contributed by atoms with Gasteiger partial charge in [0.15, 0.2) is 0 Å². The molecule has 0 radical (unpaired) electrons. The number of rotatable bonds is 1. The highest BCUT2D eigenvalue weighted by Gasteiger charge is 2.10. The third-order valence-corrected chi connectivity index (χ3v) is 3.84. The average Bonchev–Trinajstić information content (AvgIpc) is 2.82. The van der Waals surface area contributed by atoms with E-state index in [1.165, 1.54) is 33.0 Å². The molecule has 4 aromatic rings. The summed E-state index contributed by atoms with van der Waals surface area (Å²) >= 11 is 0. The first kappa shape index (κ1) is 11.4. The summed E-state index contributed by atoms with van der Waals surface area (Å²) in [6.07, 6.45) is 0. The van der Waals surface area contributed by atoms with E-state index in [-0.39, 0.29) is 0 Å². The average molecular weight is 255 g/mol. The third kappa shape index (κ3) is 1.58. The predicted octanol–water partition coefficient (Wildman–Crippen LogP) is 3.04. The third-order valence-electron chi connectivity index (χ3n) is 3.84. The van der Waals surface area contributed by atoms with Gasteiger partial charge in [-0.15, -0.1) is 0 Å². The van der Waals surface area contributed by atoms with E-state index in [1.54, 1.807) is 0 Å². The van der Waals surface area contributed by atoms with Crippen LogP contribution in [0.15, 0.2) is 72.8 Å². The minimum atomic E-state index is 1.22. The Morgan fingerprint density at radius 1 is 0.650 bits per heavy atom. The normalized spacial score (nSPS) is 11.2. The van der Waals surface area contributed by atoms with Crippen molar-refractivity contribution in [2.24, 2.45) is 0 Å². The molecular formula is C18H14BN. The number of hydrogen-bond donors (Lipinski definition) is 0. The first-order valence-electron chi connectivity index (χ1n) is 6.90. The molecule has 2 heteroatoms. The van der Waals surface area contributed by atoms with Crippen LogP contribution in [0.4, 0.5) is 0 Å². The van der Waals surface area contributed by atoms with E-state index in [0.717, 1.165) is 0 Å². The molecule has 0 atom stereocenters. The van der Waals surface area contributed by atoms with E-state index < -0.39 is 0 Å². The number of fused-ring (bicyclic) bond motifs is 3. The molecule has 0 bridgehead atoms. The van der Waals surface area contributed by atoms with Gasteiger partial charge >= 0.3 is 0 Å². The summed E-state index contributed by atoms with van der Waals surface area (Å²) in [5.74, 6) is 0. The van der Waals surface area contributed by atoms with Crippen LogP contribution >= 0.6 is 0 Å². The van der Waals surface area contributed by atoms with Gasteiger partial charge in [-0.3, -0.25) is 0 Å². The van der Waals surface area contributed by atoms with E-state index >= 15 is 0 Å². The monoisotopic (exact) mass is 255 g/mol. The van der Waals surface area contributed by atoms with Crippen molar-refractivity contribution in [3.63, 3.8) is 0 Å². The van der Waals surface area contributed by atoms with Crippen LogP contribution < -0.4 is 5.46 Å². The molecule has 1 heterocycles. The summed E-state index contributed by atoms with van der Waals surface area (Å²) in [6.45, 7) is 0. The molecule has 0 aliphatic carbocycles. The second kappa shape index (κ2) is 4.27. The highest BCUT2D eigenvalue weighted by molar-refractivity contribution is 6.32. The van der Waals surface area contributed by atoms with E-state index in [1.807, 2.05) is 0 Å². The lowest BCUT2D eigenvalue weighted by Crippen LogP contribution is -2.04. The fourth-order valence-electron chi connectivity index (χ4n) is 2.97. The van der Waals surface area contributed by atoms with Gasteiger partial charge in [0.1, 0.15) is 7.85 Å². The Morgan fingerprint density at radius 3 is 1.85 bits per heavy atom. The summed E-state index contributed by atoms with van der Waals surface area (Å²) < 4.78 is 2.34. The van der Waals surface area contributed by atoms with Gasteiger partial charge in [0.25, 0.3) is 0 Å². The first-order chi connectivity index (χ1) is 9.84. The Bertz CT molecular complexity index is 868. The maximum absolute atomic E-state index is 2.34. The van der Waals surface area contributed by atoms with Crippen LogP contribution in [-0.4, -0.2) is 12.4 Å². The molecule has 0 N–H and O–H groups in total. The maximum Gasteiger partial charge on any atom is 0.139 e. The standard InChI is InChI=1S/C18H14BN/c19-13-6-5-7-14(12-13)20-17-10-3-1-8-15(17)16-9-2-4-11-18(16)20/h1-12H,19H2. The van der Waals surface area contributed by atoms with Gasteiger partial charge < -0.3 is 4.57 Å². The number of hydrogen-bond acceptors (Lipinski definition) is 0. The van der Waals surface area contributed by atoms with Crippen LogP contribution in [-0.2, 0) is 0 Å². The lowest BCUT2D eigenvalue weighted by molar-refractivity contribution is 1.18. The smallest absolute Gasteiger partial charge is 0.139 e. The van der Waals surface area contributed by atoms with Crippen molar-refractivity contribution in [2.75, 3.05) is 0 Å². The van der Waals surface area contributed by atoms with E-state index in [2.05, 4.69) is 85.2 Å². The second-order valence-electron chi connectivity index (χ2n) is 5.21. The van der Waals surface area contributed by atoms with Crippen LogP contribution in [0.1, 0.15) is 0 Å². The lowest BCUT2D eigenvalue weighted by atomic mass is 9.96. The predicted molar refractivity (Wildman–Crippen MR) is 89.0 cm³/mol. The molecular weight excluding hydrogens is 241 g/mol. The van der Waals surface area contributed by atoms with Gasteiger partial charge in [0.05, 0.1) is 11.0 Å². The molecule has 0 aliphatic heterocycles. The Hall–Kier alpha value is -2.48. The van der Waals surface area contributed by atoms with Crippen LogP contribution in [0.5, 0.6) is 0 Å². The van der Waals surface area contributed by atoms with Crippen molar-refractivity contribution in [1.29, 1.82) is 0 Å². The molecule has 0 aliphatic rings. The molecule has 0 fully saturated rings. The molecule has 20 heavy (non-hydrogen) atoms. The van der Waals surface area contributed by atoms with Gasteiger partial charge in [-0.1, -0.05) is 54.0 Å². The number of nitrogens with zero attached hydrogens (tertiary/aromatic N) is 1. The van der Waals surface area contributed by atoms with Crippen molar-refractivity contribution in [3.8, 4) is 5.69 Å². The molecule has 1 aromatic heterocycles. The first-order valence-corrected chi connectivity index (χ1v) is 6.90. The summed E-state index contributed by atoms with van der Waals surface area (Å²) in [7, 11) is 2.14. The van der Waals surface area contributed by atoms with E-state index in [9.17, 15) is 0 Å². The minimum absolute atomic E-state index is 1.22. The SMILES string of the molecule is Bc1cccc(-n2c3ccccc3c3ccccc32)c1. The number of benzene rings is 3. The van der Waals surface area contributed by atoms with Crippen LogP contribution in [0.2, 0.25) is 0 Å². The van der Waals surface area contributed by atoms with Gasteiger partial charge in [-0.2, -0.15) is 0 Å². The quantitative estimate of drug-likeness (QED) is 0.461. The fraction of sp³-hybridized carbons (Fsp3) is 0. The Morgan fingerprint density at radius 2 is 1.25 bits per heavy atom. The van der Waals surface area contributed by atoms with Gasteiger partial charge in [0, 0.05) is 16.5 Å². The van der Waals surface area contributed by atoms with Crippen molar-refractivity contribution in [1.82, 2.24) is 4.57 Å².